The molecule has 5 nitrogen and oxygen atoms in total. The summed E-state index contributed by atoms with van der Waals surface area (Å²) in [6.45, 7) is 2.54. The lowest BCUT2D eigenvalue weighted by Crippen LogP contribution is -2.48. The molecule has 0 unspecified atom stereocenters. The minimum atomic E-state index is -3.83. The standard InChI is InChI=1S/C21H22Cl2N2O3S/c1-14-11-15-5-2-3-7-19(15)25(14)21(26)16-6-4-10-24(13-16)29(27,28)20-12-17(22)8-9-18(20)23/h2-3,5,7-9,12,14,16H,4,6,10-11,13H2,1H3/t14-,16-/m1/s1. The number of anilines is 1. The van der Waals surface area contributed by atoms with Crippen molar-refractivity contribution in [3.8, 4) is 0 Å². The maximum absolute atomic E-state index is 13.4. The Kier molecular flexibility index (Phi) is 5.64. The third kappa shape index (κ3) is 3.79. The van der Waals surface area contributed by atoms with Crippen molar-refractivity contribution in [2.75, 3.05) is 18.0 Å². The molecule has 154 valence electrons. The number of carbonyl (C=O) groups is 1. The predicted octanol–water partition coefficient (Wildman–Crippen LogP) is 4.37. The van der Waals surface area contributed by atoms with E-state index in [1.807, 2.05) is 36.1 Å². The first-order valence-electron chi connectivity index (χ1n) is 9.65. The molecular formula is C21H22Cl2N2O3S. The smallest absolute Gasteiger partial charge is 0.244 e. The summed E-state index contributed by atoms with van der Waals surface area (Å²) < 4.78 is 27.7. The van der Waals surface area contributed by atoms with Gasteiger partial charge in [-0.1, -0.05) is 41.4 Å². The summed E-state index contributed by atoms with van der Waals surface area (Å²) in [5, 5.41) is 0.435. The second-order valence-corrected chi connectivity index (χ2v) is 10.4. The molecule has 8 heteroatoms. The fraction of sp³-hybridized carbons (Fsp3) is 0.381. The van der Waals surface area contributed by atoms with Gasteiger partial charge in [0.25, 0.3) is 0 Å². The van der Waals surface area contributed by atoms with Crippen LogP contribution in [0.2, 0.25) is 10.0 Å². The highest BCUT2D eigenvalue weighted by molar-refractivity contribution is 7.89. The van der Waals surface area contributed by atoms with Crippen molar-refractivity contribution in [1.82, 2.24) is 4.31 Å². The van der Waals surface area contributed by atoms with Crippen LogP contribution in [0, 0.1) is 5.92 Å². The molecule has 0 saturated carbocycles. The summed E-state index contributed by atoms with van der Waals surface area (Å²) in [5.41, 5.74) is 2.09. The second kappa shape index (κ2) is 7.91. The number of nitrogens with zero attached hydrogens (tertiary/aromatic N) is 2. The number of piperidine rings is 1. The van der Waals surface area contributed by atoms with E-state index in [0.717, 1.165) is 17.7 Å². The van der Waals surface area contributed by atoms with Gasteiger partial charge in [0.15, 0.2) is 0 Å². The van der Waals surface area contributed by atoms with Gasteiger partial charge in [0, 0.05) is 29.8 Å². The van der Waals surface area contributed by atoms with Crippen molar-refractivity contribution in [3.05, 3.63) is 58.1 Å². The first-order valence-corrected chi connectivity index (χ1v) is 11.8. The Labute approximate surface area is 181 Å². The molecule has 4 rings (SSSR count). The minimum Gasteiger partial charge on any atom is -0.309 e. The van der Waals surface area contributed by atoms with Crippen molar-refractivity contribution in [3.63, 3.8) is 0 Å². The summed E-state index contributed by atoms with van der Waals surface area (Å²) in [7, 11) is -3.83. The lowest BCUT2D eigenvalue weighted by atomic mass is 9.97. The highest BCUT2D eigenvalue weighted by Crippen LogP contribution is 2.35. The normalized spacial score (nSPS) is 22.5. The van der Waals surface area contributed by atoms with Gasteiger partial charge in [-0.15, -0.1) is 0 Å². The maximum Gasteiger partial charge on any atom is 0.244 e. The number of benzene rings is 2. The Morgan fingerprint density at radius 2 is 1.90 bits per heavy atom. The Hall–Kier alpha value is -1.60. The van der Waals surface area contributed by atoms with Gasteiger partial charge >= 0.3 is 0 Å². The number of carbonyl (C=O) groups excluding carboxylic acids is 1. The van der Waals surface area contributed by atoms with E-state index in [0.29, 0.717) is 24.4 Å². The Morgan fingerprint density at radius 1 is 1.14 bits per heavy atom. The first-order chi connectivity index (χ1) is 13.8. The van der Waals surface area contributed by atoms with E-state index in [-0.39, 0.29) is 34.3 Å². The van der Waals surface area contributed by atoms with Crippen LogP contribution < -0.4 is 4.90 Å². The van der Waals surface area contributed by atoms with Crippen LogP contribution in [0.3, 0.4) is 0 Å². The molecule has 1 saturated heterocycles. The molecule has 29 heavy (non-hydrogen) atoms. The third-order valence-corrected chi connectivity index (χ3v) is 8.27. The van der Waals surface area contributed by atoms with Gasteiger partial charge in [-0.3, -0.25) is 4.79 Å². The summed E-state index contributed by atoms with van der Waals surface area (Å²) >= 11 is 12.1. The molecule has 0 bridgehead atoms. The average Bonchev–Trinajstić information content (AvgIpc) is 3.05. The molecule has 0 spiro atoms. The number of hydrogen-bond donors (Lipinski definition) is 0. The summed E-state index contributed by atoms with van der Waals surface area (Å²) in [5.74, 6) is -0.398. The molecule has 2 heterocycles. The Balaban J connectivity index is 1.59. The van der Waals surface area contributed by atoms with Crippen molar-refractivity contribution in [1.29, 1.82) is 0 Å². The molecule has 1 amide bonds. The zero-order valence-electron chi connectivity index (χ0n) is 16.0. The van der Waals surface area contributed by atoms with Crippen LogP contribution in [0.15, 0.2) is 47.4 Å². The number of amides is 1. The van der Waals surface area contributed by atoms with Crippen molar-refractivity contribution in [2.45, 2.75) is 37.1 Å². The first kappa shape index (κ1) is 20.7. The van der Waals surface area contributed by atoms with Gasteiger partial charge in [0.2, 0.25) is 15.9 Å². The van der Waals surface area contributed by atoms with E-state index in [1.54, 1.807) is 6.07 Å². The zero-order valence-corrected chi connectivity index (χ0v) is 18.3. The molecule has 0 radical (unpaired) electrons. The largest absolute Gasteiger partial charge is 0.309 e. The molecule has 2 atom stereocenters. The average molecular weight is 453 g/mol. The number of halogens is 2. The number of para-hydroxylation sites is 1. The van der Waals surface area contributed by atoms with Crippen molar-refractivity contribution < 1.29 is 13.2 Å². The van der Waals surface area contributed by atoms with Crippen LogP contribution in [0.1, 0.15) is 25.3 Å². The molecule has 2 aliphatic heterocycles. The second-order valence-electron chi connectivity index (χ2n) is 7.67. The van der Waals surface area contributed by atoms with Gasteiger partial charge < -0.3 is 4.90 Å². The highest BCUT2D eigenvalue weighted by Gasteiger charge is 2.39. The molecular weight excluding hydrogens is 431 g/mol. The third-order valence-electron chi connectivity index (χ3n) is 5.69. The maximum atomic E-state index is 13.4. The molecule has 0 N–H and O–H groups in total. The van der Waals surface area contributed by atoms with E-state index >= 15 is 0 Å². The topological polar surface area (TPSA) is 57.7 Å². The SMILES string of the molecule is C[C@@H]1Cc2ccccc2N1C(=O)[C@@H]1CCCN(S(=O)(=O)c2cc(Cl)ccc2Cl)C1. The number of hydrogen-bond acceptors (Lipinski definition) is 3. The van der Waals surface area contributed by atoms with E-state index in [9.17, 15) is 13.2 Å². The van der Waals surface area contributed by atoms with Gasteiger partial charge in [-0.25, -0.2) is 8.42 Å². The molecule has 2 aromatic carbocycles. The summed E-state index contributed by atoms with van der Waals surface area (Å²) in [6.07, 6.45) is 2.10. The van der Waals surface area contributed by atoms with Crippen LogP contribution in [0.5, 0.6) is 0 Å². The molecule has 1 fully saturated rings. The van der Waals surface area contributed by atoms with Gasteiger partial charge in [-0.05, 0) is 56.0 Å². The van der Waals surface area contributed by atoms with E-state index in [2.05, 4.69) is 0 Å². The van der Waals surface area contributed by atoms with Gasteiger partial charge in [-0.2, -0.15) is 4.31 Å². The number of sulfonamides is 1. The minimum absolute atomic E-state index is 0.0142. The molecule has 0 aliphatic carbocycles. The van der Waals surface area contributed by atoms with Crippen LogP contribution in [0.4, 0.5) is 5.69 Å². The van der Waals surface area contributed by atoms with Crippen molar-refractivity contribution >= 4 is 44.8 Å². The van der Waals surface area contributed by atoms with E-state index in [4.69, 9.17) is 23.2 Å². The fourth-order valence-electron chi connectivity index (χ4n) is 4.27. The van der Waals surface area contributed by atoms with Gasteiger partial charge in [0.05, 0.1) is 10.9 Å². The highest BCUT2D eigenvalue weighted by atomic mass is 35.5. The van der Waals surface area contributed by atoms with Crippen LogP contribution in [0.25, 0.3) is 0 Å². The van der Waals surface area contributed by atoms with Crippen molar-refractivity contribution in [2.24, 2.45) is 5.92 Å². The van der Waals surface area contributed by atoms with E-state index < -0.39 is 10.0 Å². The zero-order chi connectivity index (χ0) is 20.8. The molecule has 0 aromatic heterocycles. The molecule has 2 aliphatic rings. The Morgan fingerprint density at radius 3 is 2.69 bits per heavy atom. The number of rotatable bonds is 3. The quantitative estimate of drug-likeness (QED) is 0.694. The lowest BCUT2D eigenvalue weighted by Gasteiger charge is -2.34. The monoisotopic (exact) mass is 452 g/mol. The number of fused-ring (bicyclic) bond motifs is 1. The van der Waals surface area contributed by atoms with Gasteiger partial charge in [0.1, 0.15) is 4.90 Å². The predicted molar refractivity (Wildman–Crippen MR) is 115 cm³/mol. The summed E-state index contributed by atoms with van der Waals surface area (Å²) in [4.78, 5) is 15.2. The lowest BCUT2D eigenvalue weighted by molar-refractivity contribution is -0.123. The van der Waals surface area contributed by atoms with Crippen LogP contribution in [-0.4, -0.2) is 37.8 Å². The molecule has 2 aromatic rings. The van der Waals surface area contributed by atoms with E-state index in [1.165, 1.54) is 16.4 Å². The fourth-order valence-corrected chi connectivity index (χ4v) is 6.54. The summed E-state index contributed by atoms with van der Waals surface area (Å²) in [6, 6.07) is 12.4. The Bertz CT molecular complexity index is 1060. The van der Waals surface area contributed by atoms with Crippen LogP contribution in [-0.2, 0) is 21.2 Å². The van der Waals surface area contributed by atoms with Crippen LogP contribution >= 0.6 is 23.2 Å².